The lowest BCUT2D eigenvalue weighted by Crippen LogP contribution is -2.51. The number of carbonyl (C=O) groups is 2. The molecule has 0 spiro atoms. The Labute approximate surface area is 111 Å². The first-order valence-corrected chi connectivity index (χ1v) is 6.24. The molecular weight excluding hydrogens is 246 g/mol. The van der Waals surface area contributed by atoms with Gasteiger partial charge in [-0.2, -0.15) is 0 Å². The molecule has 1 aliphatic rings. The zero-order valence-electron chi connectivity index (χ0n) is 10.8. The lowest BCUT2D eigenvalue weighted by molar-refractivity contribution is -0.132. The van der Waals surface area contributed by atoms with Crippen LogP contribution in [0.4, 0.5) is 4.79 Å². The summed E-state index contributed by atoms with van der Waals surface area (Å²) in [5.41, 5.74) is 0.906. The zero-order chi connectivity index (χ0) is 13.7. The van der Waals surface area contributed by atoms with Gasteiger partial charge < -0.3 is 14.8 Å². The lowest BCUT2D eigenvalue weighted by atomic mass is 9.97. The van der Waals surface area contributed by atoms with Crippen LogP contribution in [0.2, 0.25) is 0 Å². The van der Waals surface area contributed by atoms with E-state index in [0.29, 0.717) is 6.61 Å². The van der Waals surface area contributed by atoms with Crippen LogP contribution in [-0.2, 0) is 20.9 Å². The molecule has 0 aliphatic carbocycles. The zero-order valence-corrected chi connectivity index (χ0v) is 10.8. The number of benzene rings is 1. The van der Waals surface area contributed by atoms with E-state index in [2.05, 4.69) is 5.32 Å². The highest BCUT2D eigenvalue weighted by Crippen LogP contribution is 2.11. The van der Waals surface area contributed by atoms with Crippen molar-refractivity contribution in [3.8, 4) is 0 Å². The summed E-state index contributed by atoms with van der Waals surface area (Å²) in [5.74, 6) is -0.152. The van der Waals surface area contributed by atoms with Gasteiger partial charge in [-0.1, -0.05) is 37.3 Å². The minimum absolute atomic E-state index is 0.0366. The second-order valence-corrected chi connectivity index (χ2v) is 4.64. The summed E-state index contributed by atoms with van der Waals surface area (Å²) in [6.45, 7) is 2.57. The Morgan fingerprint density at radius 3 is 2.84 bits per heavy atom. The monoisotopic (exact) mass is 263 g/mol. The number of rotatable bonds is 3. The SMILES string of the molecule is C[C@H]1COCC(=O)[C@H]1NC(=O)OCc1ccccc1. The fourth-order valence-electron chi connectivity index (χ4n) is 1.96. The molecule has 1 fully saturated rings. The van der Waals surface area contributed by atoms with Gasteiger partial charge in [-0.3, -0.25) is 4.79 Å². The van der Waals surface area contributed by atoms with Crippen molar-refractivity contribution in [3.05, 3.63) is 35.9 Å². The molecule has 0 saturated carbocycles. The van der Waals surface area contributed by atoms with Crippen LogP contribution in [0, 0.1) is 5.92 Å². The molecule has 0 radical (unpaired) electrons. The van der Waals surface area contributed by atoms with E-state index in [0.717, 1.165) is 5.56 Å². The third kappa shape index (κ3) is 3.79. The van der Waals surface area contributed by atoms with Crippen LogP contribution in [0.25, 0.3) is 0 Å². The van der Waals surface area contributed by atoms with Gasteiger partial charge in [0.1, 0.15) is 13.2 Å². The molecule has 2 rings (SSSR count). The summed E-state index contributed by atoms with van der Waals surface area (Å²) >= 11 is 0. The Morgan fingerprint density at radius 2 is 2.16 bits per heavy atom. The molecule has 2 atom stereocenters. The predicted octanol–water partition coefficient (Wildman–Crippen LogP) is 1.52. The molecule has 5 heteroatoms. The average Bonchev–Trinajstić information content (AvgIpc) is 2.42. The molecule has 1 heterocycles. The van der Waals surface area contributed by atoms with Gasteiger partial charge in [-0.25, -0.2) is 4.79 Å². The Bertz CT molecular complexity index is 446. The average molecular weight is 263 g/mol. The number of ketones is 1. The summed E-state index contributed by atoms with van der Waals surface area (Å²) in [6, 6.07) is 8.87. The van der Waals surface area contributed by atoms with E-state index in [1.54, 1.807) is 0 Å². The van der Waals surface area contributed by atoms with Crippen molar-refractivity contribution in [3.63, 3.8) is 0 Å². The number of ether oxygens (including phenoxy) is 2. The van der Waals surface area contributed by atoms with E-state index < -0.39 is 12.1 Å². The van der Waals surface area contributed by atoms with Gasteiger partial charge in [0, 0.05) is 5.92 Å². The van der Waals surface area contributed by atoms with E-state index in [-0.39, 0.29) is 24.9 Å². The van der Waals surface area contributed by atoms with Crippen molar-refractivity contribution >= 4 is 11.9 Å². The van der Waals surface area contributed by atoms with Crippen molar-refractivity contribution < 1.29 is 19.1 Å². The summed E-state index contributed by atoms with van der Waals surface area (Å²) in [4.78, 5) is 23.3. The summed E-state index contributed by atoms with van der Waals surface area (Å²) < 4.78 is 10.2. The fraction of sp³-hybridized carbons (Fsp3) is 0.429. The van der Waals surface area contributed by atoms with E-state index in [9.17, 15) is 9.59 Å². The first-order valence-electron chi connectivity index (χ1n) is 6.24. The number of Topliss-reactive ketones (excluding diaryl/α,β-unsaturated/α-hetero) is 1. The molecular formula is C14H17NO4. The largest absolute Gasteiger partial charge is 0.445 e. The molecule has 19 heavy (non-hydrogen) atoms. The Balaban J connectivity index is 1.82. The van der Waals surface area contributed by atoms with Crippen LogP contribution in [0.15, 0.2) is 30.3 Å². The van der Waals surface area contributed by atoms with Crippen molar-refractivity contribution in [2.45, 2.75) is 19.6 Å². The highest BCUT2D eigenvalue weighted by atomic mass is 16.5. The van der Waals surface area contributed by atoms with Crippen LogP contribution in [0.3, 0.4) is 0 Å². The molecule has 0 bridgehead atoms. The van der Waals surface area contributed by atoms with Crippen molar-refractivity contribution in [2.24, 2.45) is 5.92 Å². The molecule has 1 saturated heterocycles. The van der Waals surface area contributed by atoms with Gasteiger partial charge >= 0.3 is 6.09 Å². The van der Waals surface area contributed by atoms with Gasteiger partial charge in [-0.15, -0.1) is 0 Å². The highest BCUT2D eigenvalue weighted by molar-refractivity contribution is 5.89. The second kappa shape index (κ2) is 6.33. The minimum Gasteiger partial charge on any atom is -0.445 e. The standard InChI is InChI=1S/C14H17NO4/c1-10-7-18-9-12(16)13(10)15-14(17)19-8-11-5-3-2-4-6-11/h2-6,10,13H,7-9H2,1H3,(H,15,17)/t10-,13-/m0/s1. The molecule has 0 aromatic heterocycles. The smallest absolute Gasteiger partial charge is 0.408 e. The first-order chi connectivity index (χ1) is 9.16. The maximum absolute atomic E-state index is 11.6. The number of alkyl carbamates (subject to hydrolysis) is 1. The molecule has 1 aromatic carbocycles. The van der Waals surface area contributed by atoms with Gasteiger partial charge in [0.05, 0.1) is 12.6 Å². The fourth-order valence-corrected chi connectivity index (χ4v) is 1.96. The van der Waals surface area contributed by atoms with Gasteiger partial charge in [-0.05, 0) is 5.56 Å². The summed E-state index contributed by atoms with van der Waals surface area (Å²) in [7, 11) is 0. The number of nitrogens with one attached hydrogen (secondary N) is 1. The van der Waals surface area contributed by atoms with Gasteiger partial charge in [0.25, 0.3) is 0 Å². The quantitative estimate of drug-likeness (QED) is 0.898. The van der Waals surface area contributed by atoms with E-state index >= 15 is 0 Å². The van der Waals surface area contributed by atoms with Crippen molar-refractivity contribution in [1.29, 1.82) is 0 Å². The minimum atomic E-state index is -0.573. The first kappa shape index (κ1) is 13.5. The second-order valence-electron chi connectivity index (χ2n) is 4.64. The predicted molar refractivity (Wildman–Crippen MR) is 68.5 cm³/mol. The molecule has 1 N–H and O–H groups in total. The topological polar surface area (TPSA) is 64.6 Å². The Hall–Kier alpha value is -1.88. The van der Waals surface area contributed by atoms with Crippen LogP contribution in [0.5, 0.6) is 0 Å². The maximum atomic E-state index is 11.6. The third-order valence-corrected chi connectivity index (χ3v) is 3.03. The summed E-state index contributed by atoms with van der Waals surface area (Å²) in [5, 5.41) is 2.60. The molecule has 1 aromatic rings. The van der Waals surface area contributed by atoms with Gasteiger partial charge in [0.15, 0.2) is 5.78 Å². The Morgan fingerprint density at radius 1 is 1.42 bits per heavy atom. The van der Waals surface area contributed by atoms with Crippen LogP contribution < -0.4 is 5.32 Å². The number of hydrogen-bond acceptors (Lipinski definition) is 4. The highest BCUT2D eigenvalue weighted by Gasteiger charge is 2.31. The molecule has 0 unspecified atom stereocenters. The van der Waals surface area contributed by atoms with E-state index in [4.69, 9.17) is 9.47 Å². The number of hydrogen-bond donors (Lipinski definition) is 1. The Kier molecular flexibility index (Phi) is 4.52. The van der Waals surface area contributed by atoms with Crippen LogP contribution >= 0.6 is 0 Å². The van der Waals surface area contributed by atoms with Crippen molar-refractivity contribution in [2.75, 3.05) is 13.2 Å². The number of carbonyl (C=O) groups excluding carboxylic acids is 2. The van der Waals surface area contributed by atoms with Crippen LogP contribution in [0.1, 0.15) is 12.5 Å². The van der Waals surface area contributed by atoms with E-state index in [1.807, 2.05) is 37.3 Å². The third-order valence-electron chi connectivity index (χ3n) is 3.03. The van der Waals surface area contributed by atoms with Crippen molar-refractivity contribution in [1.82, 2.24) is 5.32 Å². The maximum Gasteiger partial charge on any atom is 0.408 e. The molecule has 5 nitrogen and oxygen atoms in total. The normalized spacial score (nSPS) is 22.9. The molecule has 1 aliphatic heterocycles. The van der Waals surface area contributed by atoms with E-state index in [1.165, 1.54) is 0 Å². The molecule has 1 amide bonds. The van der Waals surface area contributed by atoms with Crippen LogP contribution in [-0.4, -0.2) is 31.1 Å². The molecule has 102 valence electrons. The lowest BCUT2D eigenvalue weighted by Gasteiger charge is -2.27. The summed E-state index contributed by atoms with van der Waals surface area (Å²) in [6.07, 6.45) is -0.573. The number of amides is 1. The van der Waals surface area contributed by atoms with Gasteiger partial charge in [0.2, 0.25) is 0 Å².